The summed E-state index contributed by atoms with van der Waals surface area (Å²) < 4.78 is 8.40. The number of nitro benzene ring substituents is 1. The molecule has 13 heteroatoms. The minimum absolute atomic E-state index is 0.117. The highest BCUT2D eigenvalue weighted by atomic mass is 32.2. The van der Waals surface area contributed by atoms with E-state index in [1.165, 1.54) is 29.1 Å². The molecule has 34 heavy (non-hydrogen) atoms. The van der Waals surface area contributed by atoms with Gasteiger partial charge in [0.1, 0.15) is 6.33 Å². The summed E-state index contributed by atoms with van der Waals surface area (Å²) in [6, 6.07) is 9.07. The Morgan fingerprint density at radius 1 is 1.26 bits per heavy atom. The van der Waals surface area contributed by atoms with Crippen molar-refractivity contribution in [3.05, 3.63) is 69.0 Å². The van der Waals surface area contributed by atoms with Crippen LogP contribution in [-0.4, -0.2) is 55.7 Å². The number of nitrogens with one attached hydrogen (secondary N) is 1. The topological polar surface area (TPSA) is 141 Å². The molecule has 0 aliphatic heterocycles. The summed E-state index contributed by atoms with van der Waals surface area (Å²) in [5.74, 6) is -1.00. The first kappa shape index (κ1) is 23.2. The highest BCUT2D eigenvalue weighted by Crippen LogP contribution is 2.34. The van der Waals surface area contributed by atoms with E-state index in [-0.39, 0.29) is 11.3 Å². The molecule has 0 aliphatic rings. The lowest BCUT2D eigenvalue weighted by atomic mass is 10.2. The highest BCUT2D eigenvalue weighted by Gasteiger charge is 2.20. The van der Waals surface area contributed by atoms with Crippen molar-refractivity contribution in [1.29, 1.82) is 0 Å². The van der Waals surface area contributed by atoms with E-state index >= 15 is 0 Å². The first-order valence-electron chi connectivity index (χ1n) is 10.1. The Bertz CT molecular complexity index is 1440. The van der Waals surface area contributed by atoms with Crippen molar-refractivity contribution >= 4 is 40.1 Å². The lowest BCUT2D eigenvalue weighted by molar-refractivity contribution is -0.387. The summed E-state index contributed by atoms with van der Waals surface area (Å²) in [6.07, 6.45) is 1.49. The number of rotatable bonds is 8. The zero-order valence-electron chi connectivity index (χ0n) is 18.6. The molecule has 2 heterocycles. The number of nitro groups is 1. The van der Waals surface area contributed by atoms with Crippen molar-refractivity contribution in [3.8, 4) is 0 Å². The number of oxazole rings is 1. The van der Waals surface area contributed by atoms with Crippen LogP contribution in [0.4, 0.5) is 11.4 Å². The number of hydrogen-bond donors (Lipinski definition) is 1. The monoisotopic (exact) mass is 483 g/mol. The van der Waals surface area contributed by atoms with Crippen molar-refractivity contribution in [2.75, 3.05) is 26.0 Å². The summed E-state index contributed by atoms with van der Waals surface area (Å²) in [7, 11) is 5.53. The highest BCUT2D eigenvalue weighted by molar-refractivity contribution is 7.99. The lowest BCUT2D eigenvalue weighted by Crippen LogP contribution is -2.23. The quantitative estimate of drug-likeness (QED) is 0.296. The minimum atomic E-state index is -0.545. The molecule has 0 saturated heterocycles. The second kappa shape index (κ2) is 9.49. The van der Waals surface area contributed by atoms with Gasteiger partial charge >= 0.3 is 5.76 Å². The number of benzene rings is 2. The van der Waals surface area contributed by atoms with Crippen LogP contribution < -0.4 is 11.1 Å². The maximum atomic E-state index is 12.8. The molecule has 0 fully saturated rings. The van der Waals surface area contributed by atoms with E-state index in [1.54, 1.807) is 29.8 Å². The molecule has 176 valence electrons. The van der Waals surface area contributed by atoms with Crippen molar-refractivity contribution in [1.82, 2.24) is 24.2 Å². The van der Waals surface area contributed by atoms with E-state index in [0.29, 0.717) is 39.9 Å². The number of carbonyl (C=O) groups excluding carboxylic acids is 1. The fourth-order valence-corrected chi connectivity index (χ4v) is 4.06. The van der Waals surface area contributed by atoms with Crippen LogP contribution in [0.15, 0.2) is 62.0 Å². The summed E-state index contributed by atoms with van der Waals surface area (Å²) in [6.45, 7) is 1.06. The normalized spacial score (nSPS) is 11.3. The standard InChI is InChI=1S/C21H21N7O5S/c1-25(2)8-9-27-15-11-14(5-6-17(15)33-21(27)30)23-19(29)13-4-7-18(16(10-13)28(31)32)34-20-24-22-12-26(20)3/h4-7,10-12H,8-9H2,1-3H3,(H,23,29). The number of aromatic nitrogens is 4. The molecule has 4 aromatic rings. The minimum Gasteiger partial charge on any atom is -0.408 e. The average Bonchev–Trinajstić information content (AvgIpc) is 3.33. The number of anilines is 1. The van der Waals surface area contributed by atoms with Gasteiger partial charge in [0.2, 0.25) is 0 Å². The van der Waals surface area contributed by atoms with Crippen LogP contribution in [0.2, 0.25) is 0 Å². The number of aryl methyl sites for hydroxylation is 1. The third kappa shape index (κ3) is 4.84. The van der Waals surface area contributed by atoms with Crippen LogP contribution in [0, 0.1) is 10.1 Å². The molecule has 0 unspecified atom stereocenters. The van der Waals surface area contributed by atoms with Crippen molar-refractivity contribution < 1.29 is 14.1 Å². The molecule has 2 aromatic heterocycles. The van der Waals surface area contributed by atoms with Gasteiger partial charge in [-0.3, -0.25) is 19.5 Å². The van der Waals surface area contributed by atoms with Crippen molar-refractivity contribution in [2.24, 2.45) is 7.05 Å². The largest absolute Gasteiger partial charge is 0.419 e. The first-order valence-corrected chi connectivity index (χ1v) is 10.9. The molecule has 1 N–H and O–H groups in total. The predicted octanol–water partition coefficient (Wildman–Crippen LogP) is 2.60. The van der Waals surface area contributed by atoms with E-state index in [9.17, 15) is 19.7 Å². The van der Waals surface area contributed by atoms with E-state index < -0.39 is 16.6 Å². The number of nitrogens with zero attached hydrogens (tertiary/aromatic N) is 6. The van der Waals surface area contributed by atoms with Gasteiger partial charge in [-0.2, -0.15) is 0 Å². The number of carbonyl (C=O) groups is 1. The molecule has 4 rings (SSSR count). The molecule has 2 aromatic carbocycles. The zero-order valence-corrected chi connectivity index (χ0v) is 19.4. The van der Waals surface area contributed by atoms with Gasteiger partial charge in [-0.1, -0.05) is 0 Å². The van der Waals surface area contributed by atoms with E-state index in [4.69, 9.17) is 4.42 Å². The smallest absolute Gasteiger partial charge is 0.408 e. The molecular weight excluding hydrogens is 462 g/mol. The Morgan fingerprint density at radius 2 is 2.06 bits per heavy atom. The summed E-state index contributed by atoms with van der Waals surface area (Å²) in [5.41, 5.74) is 1.28. The average molecular weight is 484 g/mol. The Hall–Kier alpha value is -3.97. The van der Waals surface area contributed by atoms with Gasteiger partial charge < -0.3 is 19.2 Å². The second-order valence-corrected chi connectivity index (χ2v) is 8.73. The van der Waals surface area contributed by atoms with Gasteiger partial charge in [0.05, 0.1) is 15.3 Å². The van der Waals surface area contributed by atoms with Gasteiger partial charge in [0.15, 0.2) is 10.7 Å². The Kier molecular flexibility index (Phi) is 6.47. The molecule has 0 atom stereocenters. The van der Waals surface area contributed by atoms with Crippen molar-refractivity contribution in [2.45, 2.75) is 16.6 Å². The third-order valence-corrected chi connectivity index (χ3v) is 6.10. The second-order valence-electron chi connectivity index (χ2n) is 7.73. The summed E-state index contributed by atoms with van der Waals surface area (Å²) >= 11 is 1.08. The van der Waals surface area contributed by atoms with Crippen molar-refractivity contribution in [3.63, 3.8) is 0 Å². The Balaban J connectivity index is 1.59. The maximum Gasteiger partial charge on any atom is 0.419 e. The molecule has 0 saturated carbocycles. The molecule has 0 radical (unpaired) electrons. The van der Waals surface area contributed by atoms with Gasteiger partial charge in [-0.25, -0.2) is 4.79 Å². The van der Waals surface area contributed by atoms with Crippen LogP contribution in [0.3, 0.4) is 0 Å². The van der Waals surface area contributed by atoms with Gasteiger partial charge in [-0.15, -0.1) is 10.2 Å². The van der Waals surface area contributed by atoms with E-state index in [1.807, 2.05) is 19.0 Å². The first-order chi connectivity index (χ1) is 16.2. The van der Waals surface area contributed by atoms with Crippen LogP contribution in [0.1, 0.15) is 10.4 Å². The fourth-order valence-electron chi connectivity index (χ4n) is 3.21. The van der Waals surface area contributed by atoms with Crippen LogP contribution >= 0.6 is 11.8 Å². The molecular formula is C21H21N7O5S. The number of hydrogen-bond acceptors (Lipinski definition) is 9. The molecule has 1 amide bonds. The molecule has 0 aliphatic carbocycles. The number of likely N-dealkylation sites (N-methyl/N-ethyl adjacent to an activating group) is 1. The number of amides is 1. The van der Waals surface area contributed by atoms with E-state index in [2.05, 4.69) is 15.5 Å². The fraction of sp³-hybridized carbons (Fsp3) is 0.238. The zero-order chi connectivity index (χ0) is 24.4. The molecule has 0 spiro atoms. The van der Waals surface area contributed by atoms with Crippen LogP contribution in [0.5, 0.6) is 0 Å². The van der Waals surface area contributed by atoms with Crippen LogP contribution in [0.25, 0.3) is 11.1 Å². The SMILES string of the molecule is CN(C)CCn1c(=O)oc2ccc(NC(=O)c3ccc(Sc4nncn4C)c([N+](=O)[O-])c3)cc21. The van der Waals surface area contributed by atoms with E-state index in [0.717, 1.165) is 11.8 Å². The Morgan fingerprint density at radius 3 is 2.74 bits per heavy atom. The van der Waals surface area contributed by atoms with Gasteiger partial charge in [-0.05, 0) is 56.2 Å². The lowest BCUT2D eigenvalue weighted by Gasteiger charge is -2.10. The molecule has 0 bridgehead atoms. The molecule has 12 nitrogen and oxygen atoms in total. The maximum absolute atomic E-state index is 12.8. The van der Waals surface area contributed by atoms with Crippen LogP contribution in [-0.2, 0) is 13.6 Å². The van der Waals surface area contributed by atoms with Gasteiger partial charge in [0, 0.05) is 37.5 Å². The predicted molar refractivity (Wildman–Crippen MR) is 125 cm³/mol. The summed E-state index contributed by atoms with van der Waals surface area (Å²) in [5, 5.41) is 22.5. The summed E-state index contributed by atoms with van der Waals surface area (Å²) in [4.78, 5) is 38.4. The number of fused-ring (bicyclic) bond motifs is 1. The van der Waals surface area contributed by atoms with Gasteiger partial charge in [0.25, 0.3) is 11.6 Å². The Labute approximate surface area is 197 Å². The third-order valence-electron chi connectivity index (χ3n) is 4.98.